The number of ether oxygens (including phenoxy) is 1. The standard InChI is InChI=1S/C13H15ClN2O5/c1-13(3-2-4-21-7-13)15-11-9(12(17)18)5-8(16(19)20)6-10(11)14/h5-6,15H,2-4,7H2,1H3,(H,17,18). The van der Waals surface area contributed by atoms with Gasteiger partial charge in [0.25, 0.3) is 5.69 Å². The van der Waals surface area contributed by atoms with Gasteiger partial charge in [-0.05, 0) is 19.8 Å². The van der Waals surface area contributed by atoms with Crippen LogP contribution in [0.1, 0.15) is 30.1 Å². The highest BCUT2D eigenvalue weighted by Crippen LogP contribution is 2.35. The zero-order valence-corrected chi connectivity index (χ0v) is 12.1. The predicted molar refractivity (Wildman–Crippen MR) is 77.1 cm³/mol. The van der Waals surface area contributed by atoms with Crippen LogP contribution in [0.5, 0.6) is 0 Å². The van der Waals surface area contributed by atoms with Gasteiger partial charge in [-0.3, -0.25) is 10.1 Å². The third-order valence-electron chi connectivity index (χ3n) is 3.38. The molecule has 21 heavy (non-hydrogen) atoms. The Hall–Kier alpha value is -1.86. The number of halogens is 1. The molecule has 0 aliphatic carbocycles. The van der Waals surface area contributed by atoms with Crippen LogP contribution in [0.15, 0.2) is 12.1 Å². The Balaban J connectivity index is 2.42. The number of rotatable bonds is 4. The van der Waals surface area contributed by atoms with E-state index in [0.717, 1.165) is 25.0 Å². The van der Waals surface area contributed by atoms with Crippen molar-refractivity contribution in [3.63, 3.8) is 0 Å². The second kappa shape index (κ2) is 5.87. The number of carboxylic acid groups (broad SMARTS) is 1. The van der Waals surface area contributed by atoms with Crippen LogP contribution in [0.4, 0.5) is 11.4 Å². The number of benzene rings is 1. The molecule has 1 aromatic rings. The van der Waals surface area contributed by atoms with Crippen molar-refractivity contribution < 1.29 is 19.6 Å². The van der Waals surface area contributed by atoms with Crippen LogP contribution < -0.4 is 5.32 Å². The summed E-state index contributed by atoms with van der Waals surface area (Å²) in [6, 6.07) is 2.15. The highest BCUT2D eigenvalue weighted by Gasteiger charge is 2.30. The highest BCUT2D eigenvalue weighted by molar-refractivity contribution is 6.34. The number of nitro groups is 1. The first-order valence-corrected chi connectivity index (χ1v) is 6.77. The lowest BCUT2D eigenvalue weighted by Crippen LogP contribution is -2.43. The molecule has 0 aromatic heterocycles. The van der Waals surface area contributed by atoms with E-state index in [0.29, 0.717) is 13.2 Å². The molecule has 114 valence electrons. The van der Waals surface area contributed by atoms with E-state index in [-0.39, 0.29) is 22.0 Å². The van der Waals surface area contributed by atoms with Gasteiger partial charge in [-0.2, -0.15) is 0 Å². The van der Waals surface area contributed by atoms with Crippen molar-refractivity contribution >= 4 is 28.9 Å². The molecule has 1 aliphatic rings. The van der Waals surface area contributed by atoms with Crippen molar-refractivity contribution in [2.45, 2.75) is 25.3 Å². The van der Waals surface area contributed by atoms with Crippen LogP contribution in [0, 0.1) is 10.1 Å². The summed E-state index contributed by atoms with van der Waals surface area (Å²) in [6.45, 7) is 2.98. The van der Waals surface area contributed by atoms with E-state index < -0.39 is 16.4 Å². The molecule has 1 aromatic carbocycles. The van der Waals surface area contributed by atoms with Crippen molar-refractivity contribution in [1.82, 2.24) is 0 Å². The van der Waals surface area contributed by atoms with Gasteiger partial charge in [0.2, 0.25) is 0 Å². The molecule has 1 unspecified atom stereocenters. The molecule has 1 heterocycles. The Morgan fingerprint density at radius 3 is 2.81 bits per heavy atom. The molecule has 2 rings (SSSR count). The quantitative estimate of drug-likeness (QED) is 0.654. The van der Waals surface area contributed by atoms with Gasteiger partial charge >= 0.3 is 5.97 Å². The minimum Gasteiger partial charge on any atom is -0.478 e. The summed E-state index contributed by atoms with van der Waals surface area (Å²) in [4.78, 5) is 21.5. The third-order valence-corrected chi connectivity index (χ3v) is 3.68. The molecule has 1 saturated heterocycles. The normalized spacial score (nSPS) is 21.8. The number of non-ortho nitro benzene ring substituents is 1. The maximum atomic E-state index is 11.3. The van der Waals surface area contributed by atoms with Gasteiger partial charge in [0.05, 0.1) is 33.3 Å². The Morgan fingerprint density at radius 2 is 2.29 bits per heavy atom. The fourth-order valence-corrected chi connectivity index (χ4v) is 2.59. The summed E-state index contributed by atoms with van der Waals surface area (Å²) in [7, 11) is 0. The van der Waals surface area contributed by atoms with Gasteiger partial charge in [-0.1, -0.05) is 11.6 Å². The summed E-state index contributed by atoms with van der Waals surface area (Å²) in [5, 5.41) is 23.2. The third kappa shape index (κ3) is 3.43. The molecule has 2 N–H and O–H groups in total. The Morgan fingerprint density at radius 1 is 1.57 bits per heavy atom. The molecule has 1 atom stereocenters. The second-order valence-corrected chi connectivity index (χ2v) is 5.66. The molecule has 0 spiro atoms. The first-order chi connectivity index (χ1) is 9.82. The van der Waals surface area contributed by atoms with Crippen LogP contribution in [-0.2, 0) is 4.74 Å². The van der Waals surface area contributed by atoms with E-state index in [1.165, 1.54) is 0 Å². The van der Waals surface area contributed by atoms with Crippen molar-refractivity contribution in [3.05, 3.63) is 32.8 Å². The van der Waals surface area contributed by atoms with E-state index in [9.17, 15) is 20.0 Å². The summed E-state index contributed by atoms with van der Waals surface area (Å²) in [5.74, 6) is -1.27. The van der Waals surface area contributed by atoms with Gasteiger partial charge in [0.1, 0.15) is 0 Å². The number of carboxylic acids is 1. The topological polar surface area (TPSA) is 102 Å². The van der Waals surface area contributed by atoms with Crippen molar-refractivity contribution in [3.8, 4) is 0 Å². The van der Waals surface area contributed by atoms with Crippen molar-refractivity contribution in [1.29, 1.82) is 0 Å². The monoisotopic (exact) mass is 314 g/mol. The summed E-state index contributed by atoms with van der Waals surface area (Å²) >= 11 is 6.03. The van der Waals surface area contributed by atoms with Crippen LogP contribution in [0.2, 0.25) is 5.02 Å². The molecule has 1 fully saturated rings. The molecule has 1 aliphatic heterocycles. The lowest BCUT2D eigenvalue weighted by Gasteiger charge is -2.35. The number of hydrogen-bond donors (Lipinski definition) is 2. The Labute approximate surface area is 126 Å². The van der Waals surface area contributed by atoms with E-state index in [2.05, 4.69) is 5.32 Å². The molecule has 0 bridgehead atoms. The van der Waals surface area contributed by atoms with Gasteiger partial charge < -0.3 is 15.2 Å². The first-order valence-electron chi connectivity index (χ1n) is 6.39. The molecule has 0 radical (unpaired) electrons. The molecule has 0 amide bonds. The fourth-order valence-electron chi connectivity index (χ4n) is 2.33. The Kier molecular flexibility index (Phi) is 4.34. The second-order valence-electron chi connectivity index (χ2n) is 5.25. The maximum Gasteiger partial charge on any atom is 0.338 e. The van der Waals surface area contributed by atoms with Gasteiger partial charge in [-0.15, -0.1) is 0 Å². The number of nitro benzene ring substituents is 1. The number of aromatic carboxylic acids is 1. The van der Waals surface area contributed by atoms with Crippen LogP contribution in [0.3, 0.4) is 0 Å². The summed E-state index contributed by atoms with van der Waals surface area (Å²) < 4.78 is 5.40. The van der Waals surface area contributed by atoms with E-state index >= 15 is 0 Å². The lowest BCUT2D eigenvalue weighted by atomic mass is 9.94. The van der Waals surface area contributed by atoms with Crippen molar-refractivity contribution in [2.75, 3.05) is 18.5 Å². The van der Waals surface area contributed by atoms with Gasteiger partial charge in [-0.25, -0.2) is 4.79 Å². The summed E-state index contributed by atoms with van der Waals surface area (Å²) in [6.07, 6.45) is 1.63. The highest BCUT2D eigenvalue weighted by atomic mass is 35.5. The average Bonchev–Trinajstić information content (AvgIpc) is 2.40. The summed E-state index contributed by atoms with van der Waals surface area (Å²) in [5.41, 5.74) is -0.848. The number of nitrogens with one attached hydrogen (secondary N) is 1. The smallest absolute Gasteiger partial charge is 0.338 e. The molecule has 8 heteroatoms. The van der Waals surface area contributed by atoms with E-state index in [1.54, 1.807) is 0 Å². The fraction of sp³-hybridized carbons (Fsp3) is 0.462. The zero-order valence-electron chi connectivity index (χ0n) is 11.4. The molecule has 7 nitrogen and oxygen atoms in total. The van der Waals surface area contributed by atoms with Crippen LogP contribution in [0.25, 0.3) is 0 Å². The predicted octanol–water partition coefficient (Wildman–Crippen LogP) is 2.93. The first kappa shape index (κ1) is 15.5. The van der Waals surface area contributed by atoms with Gasteiger partial charge in [0, 0.05) is 18.7 Å². The average molecular weight is 315 g/mol. The van der Waals surface area contributed by atoms with E-state index in [1.807, 2.05) is 6.92 Å². The van der Waals surface area contributed by atoms with Gasteiger partial charge in [0.15, 0.2) is 0 Å². The van der Waals surface area contributed by atoms with Crippen molar-refractivity contribution in [2.24, 2.45) is 0 Å². The molecule has 0 saturated carbocycles. The Bertz CT molecular complexity index is 584. The minimum atomic E-state index is -1.27. The number of nitrogens with zero attached hydrogens (tertiary/aromatic N) is 1. The maximum absolute atomic E-state index is 11.3. The lowest BCUT2D eigenvalue weighted by molar-refractivity contribution is -0.384. The minimum absolute atomic E-state index is 0.00778. The largest absolute Gasteiger partial charge is 0.478 e. The SMILES string of the molecule is CC1(Nc2c(Cl)cc([N+](=O)[O-])cc2C(=O)O)CCCOC1. The van der Waals surface area contributed by atoms with E-state index in [4.69, 9.17) is 16.3 Å². The number of carbonyl (C=O) groups is 1. The number of hydrogen-bond acceptors (Lipinski definition) is 5. The van der Waals surface area contributed by atoms with Crippen LogP contribution in [-0.4, -0.2) is 34.8 Å². The molecular formula is C13H15ClN2O5. The molecular weight excluding hydrogens is 300 g/mol. The number of anilines is 1. The zero-order chi connectivity index (χ0) is 15.6. The van der Waals surface area contributed by atoms with Crippen LogP contribution >= 0.6 is 11.6 Å².